The van der Waals surface area contributed by atoms with Crippen LogP contribution in [0.2, 0.25) is 0 Å². The van der Waals surface area contributed by atoms with Crippen LogP contribution >= 0.6 is 0 Å². The monoisotopic (exact) mass is 316 g/mol. The summed E-state index contributed by atoms with van der Waals surface area (Å²) in [7, 11) is 0. The molecule has 0 saturated carbocycles. The van der Waals surface area contributed by atoms with E-state index in [9.17, 15) is 9.18 Å². The third-order valence-electron chi connectivity index (χ3n) is 3.64. The van der Waals surface area contributed by atoms with E-state index in [1.807, 2.05) is 30.3 Å². The fraction of sp³-hybridized carbons (Fsp3) is 0.278. The Hall–Kier alpha value is -2.40. The number of amides is 1. The van der Waals surface area contributed by atoms with Crippen molar-refractivity contribution in [2.75, 3.05) is 13.2 Å². The van der Waals surface area contributed by atoms with Gasteiger partial charge in [-0.05, 0) is 41.8 Å². The van der Waals surface area contributed by atoms with Crippen molar-refractivity contribution in [2.24, 2.45) is 17.4 Å². The molecule has 0 bridgehead atoms. The van der Waals surface area contributed by atoms with Crippen LogP contribution in [0.15, 0.2) is 48.5 Å². The molecule has 122 valence electrons. The molecular formula is C18H21FN2O2. The molecule has 5 heteroatoms. The number of hydrogen-bond donors (Lipinski definition) is 2. The molecule has 1 atom stereocenters. The van der Waals surface area contributed by atoms with Crippen molar-refractivity contribution < 1.29 is 13.9 Å². The summed E-state index contributed by atoms with van der Waals surface area (Å²) < 4.78 is 18.7. The van der Waals surface area contributed by atoms with Crippen molar-refractivity contribution in [3.8, 4) is 5.75 Å². The minimum absolute atomic E-state index is 0.237. The van der Waals surface area contributed by atoms with E-state index < -0.39 is 0 Å². The Morgan fingerprint density at radius 3 is 2.48 bits per heavy atom. The quantitative estimate of drug-likeness (QED) is 0.782. The van der Waals surface area contributed by atoms with Crippen LogP contribution in [0.1, 0.15) is 11.1 Å². The number of rotatable bonds is 8. The van der Waals surface area contributed by atoms with Gasteiger partial charge in [-0.2, -0.15) is 0 Å². The Kier molecular flexibility index (Phi) is 6.11. The van der Waals surface area contributed by atoms with E-state index in [4.69, 9.17) is 16.2 Å². The first-order valence-electron chi connectivity index (χ1n) is 7.54. The average Bonchev–Trinajstić information content (AvgIpc) is 2.54. The number of hydrogen-bond acceptors (Lipinski definition) is 3. The predicted molar refractivity (Wildman–Crippen MR) is 87.5 cm³/mol. The van der Waals surface area contributed by atoms with Gasteiger partial charge in [0.1, 0.15) is 11.6 Å². The molecule has 0 unspecified atom stereocenters. The summed E-state index contributed by atoms with van der Waals surface area (Å²) >= 11 is 0. The number of nitrogens with two attached hydrogens (primary N) is 2. The van der Waals surface area contributed by atoms with Crippen LogP contribution in [-0.4, -0.2) is 19.1 Å². The van der Waals surface area contributed by atoms with Gasteiger partial charge in [0.05, 0.1) is 12.5 Å². The highest BCUT2D eigenvalue weighted by atomic mass is 19.1. The molecule has 2 aromatic carbocycles. The maximum absolute atomic E-state index is 13.1. The lowest BCUT2D eigenvalue weighted by Gasteiger charge is -2.11. The molecule has 0 aliphatic carbocycles. The van der Waals surface area contributed by atoms with E-state index in [0.717, 1.165) is 16.9 Å². The van der Waals surface area contributed by atoms with Gasteiger partial charge < -0.3 is 16.2 Å². The molecule has 0 radical (unpaired) electrons. The van der Waals surface area contributed by atoms with Crippen LogP contribution in [0.4, 0.5) is 4.39 Å². The molecule has 1 amide bonds. The van der Waals surface area contributed by atoms with Crippen molar-refractivity contribution in [1.82, 2.24) is 0 Å². The summed E-state index contributed by atoms with van der Waals surface area (Å²) in [6.45, 7) is 0.705. The summed E-state index contributed by atoms with van der Waals surface area (Å²) in [6.07, 6.45) is 1.16. The zero-order valence-corrected chi connectivity index (χ0v) is 12.9. The largest absolute Gasteiger partial charge is 0.493 e. The smallest absolute Gasteiger partial charge is 0.222 e. The Labute approximate surface area is 135 Å². The Morgan fingerprint density at radius 2 is 1.87 bits per heavy atom. The maximum Gasteiger partial charge on any atom is 0.222 e. The van der Waals surface area contributed by atoms with E-state index in [2.05, 4.69) is 0 Å². The molecule has 4 nitrogen and oxygen atoms in total. The van der Waals surface area contributed by atoms with E-state index in [0.29, 0.717) is 19.4 Å². The molecule has 23 heavy (non-hydrogen) atoms. The fourth-order valence-corrected chi connectivity index (χ4v) is 2.29. The summed E-state index contributed by atoms with van der Waals surface area (Å²) in [5.41, 5.74) is 12.7. The highest BCUT2D eigenvalue weighted by molar-refractivity contribution is 5.77. The number of benzene rings is 2. The second-order valence-electron chi connectivity index (χ2n) is 5.41. The minimum Gasteiger partial charge on any atom is -0.493 e. The second kappa shape index (κ2) is 8.29. The Balaban J connectivity index is 1.84. The molecular weight excluding hydrogens is 295 g/mol. The van der Waals surface area contributed by atoms with E-state index in [1.165, 1.54) is 12.1 Å². The summed E-state index contributed by atoms with van der Waals surface area (Å²) in [5, 5.41) is 0. The van der Waals surface area contributed by atoms with Crippen LogP contribution in [0.5, 0.6) is 5.75 Å². The highest BCUT2D eigenvalue weighted by Crippen LogP contribution is 2.15. The topological polar surface area (TPSA) is 78.3 Å². The standard InChI is InChI=1S/C18H21FN2O2/c19-16-3-1-2-13(11-16)8-9-23-17-6-4-14(5-7-17)10-15(12-20)18(21)22/h1-7,11,15H,8-10,12,20H2,(H2,21,22)/t15-/m0/s1. The maximum atomic E-state index is 13.1. The normalized spacial score (nSPS) is 11.9. The van der Waals surface area contributed by atoms with E-state index in [-0.39, 0.29) is 24.2 Å². The lowest BCUT2D eigenvalue weighted by Crippen LogP contribution is -2.31. The number of carbonyl (C=O) groups excluding carboxylic acids is 1. The zero-order chi connectivity index (χ0) is 16.7. The van der Waals surface area contributed by atoms with Crippen LogP contribution in [0, 0.1) is 11.7 Å². The number of primary amides is 1. The van der Waals surface area contributed by atoms with Gasteiger partial charge in [0.15, 0.2) is 0 Å². The summed E-state index contributed by atoms with van der Waals surface area (Å²) in [4.78, 5) is 11.2. The summed E-state index contributed by atoms with van der Waals surface area (Å²) in [6, 6.07) is 13.9. The van der Waals surface area contributed by atoms with Gasteiger partial charge in [0.25, 0.3) is 0 Å². The van der Waals surface area contributed by atoms with E-state index >= 15 is 0 Å². The number of carbonyl (C=O) groups is 1. The van der Waals surface area contributed by atoms with E-state index in [1.54, 1.807) is 6.07 Å². The molecule has 4 N–H and O–H groups in total. The SMILES string of the molecule is NC[C@H](Cc1ccc(OCCc2cccc(F)c2)cc1)C(N)=O. The molecule has 0 aliphatic rings. The molecule has 0 heterocycles. The van der Waals surface area contributed by atoms with Crippen LogP contribution in [0.25, 0.3) is 0 Å². The molecule has 0 aliphatic heterocycles. The van der Waals surface area contributed by atoms with Crippen molar-refractivity contribution in [1.29, 1.82) is 0 Å². The lowest BCUT2D eigenvalue weighted by atomic mass is 9.99. The van der Waals surface area contributed by atoms with Crippen molar-refractivity contribution >= 4 is 5.91 Å². The number of ether oxygens (including phenoxy) is 1. The third kappa shape index (κ3) is 5.38. The highest BCUT2D eigenvalue weighted by Gasteiger charge is 2.13. The lowest BCUT2D eigenvalue weighted by molar-refractivity contribution is -0.121. The first-order chi connectivity index (χ1) is 11.1. The Bertz CT molecular complexity index is 644. The van der Waals surface area contributed by atoms with Gasteiger partial charge >= 0.3 is 0 Å². The average molecular weight is 316 g/mol. The molecule has 0 saturated heterocycles. The molecule has 0 fully saturated rings. The molecule has 0 aromatic heterocycles. The van der Waals surface area contributed by atoms with Crippen LogP contribution in [0.3, 0.4) is 0 Å². The van der Waals surface area contributed by atoms with Gasteiger partial charge in [-0.25, -0.2) is 4.39 Å². The number of halogens is 1. The molecule has 2 rings (SSSR count). The first kappa shape index (κ1) is 17.0. The van der Waals surface area contributed by atoms with Crippen molar-refractivity contribution in [2.45, 2.75) is 12.8 Å². The van der Waals surface area contributed by atoms with Crippen LogP contribution < -0.4 is 16.2 Å². The Morgan fingerprint density at radius 1 is 1.13 bits per heavy atom. The second-order valence-corrected chi connectivity index (χ2v) is 5.41. The van der Waals surface area contributed by atoms with Crippen LogP contribution in [-0.2, 0) is 17.6 Å². The predicted octanol–water partition coefficient (Wildman–Crippen LogP) is 2.05. The van der Waals surface area contributed by atoms with Gasteiger partial charge in [0, 0.05) is 13.0 Å². The fourth-order valence-electron chi connectivity index (χ4n) is 2.29. The molecule has 0 spiro atoms. The van der Waals surface area contributed by atoms with Gasteiger partial charge in [0.2, 0.25) is 5.91 Å². The minimum atomic E-state index is -0.386. The molecule has 2 aromatic rings. The van der Waals surface area contributed by atoms with Crippen molar-refractivity contribution in [3.05, 3.63) is 65.5 Å². The third-order valence-corrected chi connectivity index (χ3v) is 3.64. The first-order valence-corrected chi connectivity index (χ1v) is 7.54. The van der Waals surface area contributed by atoms with Gasteiger partial charge in [-0.3, -0.25) is 4.79 Å². The van der Waals surface area contributed by atoms with Gasteiger partial charge in [-0.15, -0.1) is 0 Å². The zero-order valence-electron chi connectivity index (χ0n) is 12.9. The summed E-state index contributed by atoms with van der Waals surface area (Å²) in [5.74, 6) is -0.248. The van der Waals surface area contributed by atoms with Crippen molar-refractivity contribution in [3.63, 3.8) is 0 Å². The van der Waals surface area contributed by atoms with Gasteiger partial charge in [-0.1, -0.05) is 24.3 Å².